The highest BCUT2D eigenvalue weighted by atomic mass is 16.3. The predicted octanol–water partition coefficient (Wildman–Crippen LogP) is 1.66. The third-order valence-corrected chi connectivity index (χ3v) is 2.07. The molecule has 0 atom stereocenters. The van der Waals surface area contributed by atoms with Crippen LogP contribution in [0.5, 0.6) is 0 Å². The number of oxazole rings is 1. The fourth-order valence-electron chi connectivity index (χ4n) is 1.34. The van der Waals surface area contributed by atoms with Crippen molar-refractivity contribution >= 4 is 28.5 Å². The minimum Gasteiger partial charge on any atom is -0.441 e. The van der Waals surface area contributed by atoms with Gasteiger partial charge in [-0.3, -0.25) is 9.59 Å². The number of benzene rings is 1. The highest BCUT2D eigenvalue weighted by Crippen LogP contribution is 2.19. The van der Waals surface area contributed by atoms with Gasteiger partial charge in [0.1, 0.15) is 5.52 Å². The number of ketones is 1. The van der Waals surface area contributed by atoms with Gasteiger partial charge in [-0.15, -0.1) is 0 Å². The van der Waals surface area contributed by atoms with Crippen LogP contribution in [-0.2, 0) is 9.59 Å². The van der Waals surface area contributed by atoms with E-state index in [1.807, 2.05) is 0 Å². The first-order valence-corrected chi connectivity index (χ1v) is 4.75. The van der Waals surface area contributed by atoms with Crippen molar-refractivity contribution in [3.05, 3.63) is 24.1 Å². The molecule has 1 N–H and O–H groups in total. The molecule has 0 spiro atoms. The van der Waals surface area contributed by atoms with Gasteiger partial charge in [-0.25, -0.2) is 4.98 Å². The Morgan fingerprint density at radius 2 is 2.12 bits per heavy atom. The van der Waals surface area contributed by atoms with Crippen LogP contribution in [0, 0.1) is 6.92 Å². The summed E-state index contributed by atoms with van der Waals surface area (Å²) in [6, 6.07) is 5.03. The molecule has 2 rings (SSSR count). The van der Waals surface area contributed by atoms with E-state index < -0.39 is 11.7 Å². The van der Waals surface area contributed by atoms with E-state index in [2.05, 4.69) is 10.3 Å². The number of nitrogens with zero attached hydrogens (tertiary/aromatic N) is 1. The number of nitrogens with one attached hydrogen (secondary N) is 1. The average molecular weight is 218 g/mol. The van der Waals surface area contributed by atoms with Crippen molar-refractivity contribution in [3.63, 3.8) is 0 Å². The average Bonchev–Trinajstić information content (AvgIpc) is 2.57. The number of aryl methyl sites for hydroxylation is 1. The van der Waals surface area contributed by atoms with E-state index in [1.54, 1.807) is 25.1 Å². The summed E-state index contributed by atoms with van der Waals surface area (Å²) in [4.78, 5) is 26.0. The van der Waals surface area contributed by atoms with Gasteiger partial charge in [0.25, 0.3) is 5.91 Å². The fourth-order valence-corrected chi connectivity index (χ4v) is 1.34. The van der Waals surface area contributed by atoms with Crippen LogP contribution in [-0.4, -0.2) is 16.7 Å². The Kier molecular flexibility index (Phi) is 2.44. The van der Waals surface area contributed by atoms with Gasteiger partial charge in [0.15, 0.2) is 11.5 Å². The van der Waals surface area contributed by atoms with Crippen molar-refractivity contribution in [2.24, 2.45) is 0 Å². The molecule has 5 heteroatoms. The maximum atomic E-state index is 11.1. The van der Waals surface area contributed by atoms with Crippen molar-refractivity contribution in [1.82, 2.24) is 4.98 Å². The number of anilines is 1. The maximum Gasteiger partial charge on any atom is 0.291 e. The number of Topliss-reactive ketones (excluding diaryl/α,β-unsaturated/α-hetero) is 1. The Bertz CT molecular complexity index is 572. The Balaban J connectivity index is 2.32. The lowest BCUT2D eigenvalue weighted by molar-refractivity contribution is -0.133. The maximum absolute atomic E-state index is 11.1. The third kappa shape index (κ3) is 1.93. The summed E-state index contributed by atoms with van der Waals surface area (Å²) in [6.45, 7) is 2.96. The zero-order chi connectivity index (χ0) is 11.7. The highest BCUT2D eigenvalue weighted by molar-refractivity contribution is 6.39. The van der Waals surface area contributed by atoms with Gasteiger partial charge in [0, 0.05) is 25.6 Å². The number of rotatable bonds is 2. The Morgan fingerprint density at radius 1 is 1.38 bits per heavy atom. The molecule has 5 nitrogen and oxygen atoms in total. The summed E-state index contributed by atoms with van der Waals surface area (Å²) in [5.74, 6) is -0.616. The number of carbonyl (C=O) groups is 2. The van der Waals surface area contributed by atoms with E-state index in [0.29, 0.717) is 17.2 Å². The first kappa shape index (κ1) is 10.4. The second-order valence-corrected chi connectivity index (χ2v) is 3.43. The van der Waals surface area contributed by atoms with Gasteiger partial charge >= 0.3 is 0 Å². The second-order valence-electron chi connectivity index (χ2n) is 3.43. The lowest BCUT2D eigenvalue weighted by Gasteiger charge is -2.01. The van der Waals surface area contributed by atoms with E-state index in [9.17, 15) is 9.59 Å². The highest BCUT2D eigenvalue weighted by Gasteiger charge is 2.09. The van der Waals surface area contributed by atoms with Crippen LogP contribution < -0.4 is 5.32 Å². The second kappa shape index (κ2) is 3.77. The molecule has 1 aromatic carbocycles. The number of hydrogen-bond acceptors (Lipinski definition) is 4. The lowest BCUT2D eigenvalue weighted by atomic mass is 10.3. The normalized spacial score (nSPS) is 10.4. The summed E-state index contributed by atoms with van der Waals surface area (Å²) < 4.78 is 5.30. The molecule has 1 heterocycles. The zero-order valence-electron chi connectivity index (χ0n) is 8.90. The van der Waals surface area contributed by atoms with Gasteiger partial charge in [-0.2, -0.15) is 0 Å². The van der Waals surface area contributed by atoms with Crippen LogP contribution in [0.15, 0.2) is 22.6 Å². The van der Waals surface area contributed by atoms with Crippen LogP contribution in [0.3, 0.4) is 0 Å². The number of amides is 1. The van der Waals surface area contributed by atoms with Crippen molar-refractivity contribution < 1.29 is 14.0 Å². The molecule has 1 aromatic heterocycles. The molecule has 0 aliphatic heterocycles. The standard InChI is InChI=1S/C11H10N2O3/c1-6(14)11(15)13-8-3-4-9-10(5-8)16-7(2)12-9/h3-5H,1-2H3,(H,13,15). The molecular formula is C11H10N2O3. The molecule has 16 heavy (non-hydrogen) atoms. The SMILES string of the molecule is CC(=O)C(=O)Nc1ccc2nc(C)oc2c1. The van der Waals surface area contributed by atoms with Crippen molar-refractivity contribution in [2.45, 2.75) is 13.8 Å². The van der Waals surface area contributed by atoms with Crippen molar-refractivity contribution in [3.8, 4) is 0 Å². The van der Waals surface area contributed by atoms with Gasteiger partial charge < -0.3 is 9.73 Å². The Morgan fingerprint density at radius 3 is 2.81 bits per heavy atom. The number of fused-ring (bicyclic) bond motifs is 1. The molecule has 1 amide bonds. The lowest BCUT2D eigenvalue weighted by Crippen LogP contribution is -2.19. The molecule has 0 aliphatic rings. The van der Waals surface area contributed by atoms with E-state index >= 15 is 0 Å². The molecule has 0 bridgehead atoms. The molecule has 0 unspecified atom stereocenters. The van der Waals surface area contributed by atoms with Crippen LogP contribution in [0.4, 0.5) is 5.69 Å². The topological polar surface area (TPSA) is 72.2 Å². The van der Waals surface area contributed by atoms with Crippen LogP contribution in [0.1, 0.15) is 12.8 Å². The number of carbonyl (C=O) groups excluding carboxylic acids is 2. The van der Waals surface area contributed by atoms with Crippen LogP contribution in [0.2, 0.25) is 0 Å². The third-order valence-electron chi connectivity index (χ3n) is 2.07. The van der Waals surface area contributed by atoms with E-state index in [-0.39, 0.29) is 0 Å². The first-order chi connectivity index (χ1) is 7.56. The summed E-state index contributed by atoms with van der Waals surface area (Å²) >= 11 is 0. The molecule has 0 radical (unpaired) electrons. The predicted molar refractivity (Wildman–Crippen MR) is 58.1 cm³/mol. The Labute approximate surface area is 91.5 Å². The molecule has 82 valence electrons. The van der Waals surface area contributed by atoms with Crippen LogP contribution >= 0.6 is 0 Å². The molecular weight excluding hydrogens is 208 g/mol. The fraction of sp³-hybridized carbons (Fsp3) is 0.182. The van der Waals surface area contributed by atoms with Gasteiger partial charge in [0.2, 0.25) is 5.78 Å². The molecule has 0 fully saturated rings. The summed E-state index contributed by atoms with van der Waals surface area (Å²) in [7, 11) is 0. The monoisotopic (exact) mass is 218 g/mol. The quantitative estimate of drug-likeness (QED) is 0.778. The van der Waals surface area contributed by atoms with Gasteiger partial charge in [-0.1, -0.05) is 0 Å². The molecule has 0 saturated carbocycles. The minimum absolute atomic E-state index is 0.517. The van der Waals surface area contributed by atoms with Crippen molar-refractivity contribution in [1.29, 1.82) is 0 Å². The largest absolute Gasteiger partial charge is 0.441 e. The summed E-state index contributed by atoms with van der Waals surface area (Å²) in [5.41, 5.74) is 1.82. The van der Waals surface area contributed by atoms with E-state index in [0.717, 1.165) is 5.52 Å². The zero-order valence-corrected chi connectivity index (χ0v) is 8.90. The van der Waals surface area contributed by atoms with E-state index in [1.165, 1.54) is 6.92 Å². The summed E-state index contributed by atoms with van der Waals surface area (Å²) in [6.07, 6.45) is 0. The Hall–Kier alpha value is -2.17. The van der Waals surface area contributed by atoms with Gasteiger partial charge in [0.05, 0.1) is 0 Å². The summed E-state index contributed by atoms with van der Waals surface area (Å²) in [5, 5.41) is 2.47. The van der Waals surface area contributed by atoms with Gasteiger partial charge in [-0.05, 0) is 12.1 Å². The smallest absolute Gasteiger partial charge is 0.291 e. The number of aromatic nitrogens is 1. The van der Waals surface area contributed by atoms with Crippen molar-refractivity contribution in [2.75, 3.05) is 5.32 Å². The number of hydrogen-bond donors (Lipinski definition) is 1. The van der Waals surface area contributed by atoms with E-state index in [4.69, 9.17) is 4.42 Å². The molecule has 2 aromatic rings. The molecule has 0 saturated heterocycles. The first-order valence-electron chi connectivity index (χ1n) is 4.75. The van der Waals surface area contributed by atoms with Crippen LogP contribution in [0.25, 0.3) is 11.1 Å². The minimum atomic E-state index is -0.643. The molecule has 0 aliphatic carbocycles.